The highest BCUT2D eigenvalue weighted by atomic mass is 31.2. The van der Waals surface area contributed by atoms with Gasteiger partial charge < -0.3 is 24.9 Å². The van der Waals surface area contributed by atoms with Gasteiger partial charge in [-0.1, -0.05) is 12.1 Å². The van der Waals surface area contributed by atoms with Gasteiger partial charge in [-0.3, -0.25) is 14.6 Å². The molecule has 3 aromatic carbocycles. The van der Waals surface area contributed by atoms with Crippen molar-refractivity contribution < 1.29 is 44.1 Å². The van der Waals surface area contributed by atoms with Crippen LogP contribution >= 0.6 is 7.82 Å². The minimum absolute atomic E-state index is 0.0191. The first-order valence-corrected chi connectivity index (χ1v) is 10.5. The van der Waals surface area contributed by atoms with Gasteiger partial charge in [0.15, 0.2) is 5.78 Å². The van der Waals surface area contributed by atoms with Crippen LogP contribution in [0.1, 0.15) is 38.9 Å². The number of phosphoric ester groups is 1. The van der Waals surface area contributed by atoms with Crippen molar-refractivity contribution >= 4 is 13.6 Å². The van der Waals surface area contributed by atoms with Crippen LogP contribution in [0.3, 0.4) is 0 Å². The van der Waals surface area contributed by atoms with Crippen molar-refractivity contribution in [2.24, 2.45) is 0 Å². The summed E-state index contributed by atoms with van der Waals surface area (Å²) in [6.45, 7) is 0. The third-order valence-corrected chi connectivity index (χ3v) is 5.51. The van der Waals surface area contributed by atoms with E-state index in [-0.39, 0.29) is 39.7 Å². The number of benzene rings is 3. The zero-order valence-electron chi connectivity index (χ0n) is 15.7. The average molecular weight is 444 g/mol. The minimum atomic E-state index is -5.04. The van der Waals surface area contributed by atoms with Crippen LogP contribution in [0, 0.1) is 0 Å². The second-order valence-corrected chi connectivity index (χ2v) is 8.34. The molecule has 3 aromatic rings. The number of aromatic hydroxyl groups is 4. The van der Waals surface area contributed by atoms with E-state index in [0.29, 0.717) is 5.56 Å². The number of fused-ring (bicyclic) bond motifs is 1. The number of phosphoric acid groups is 1. The fraction of sp³-hybridized carbons (Fsp3) is 0.0952. The summed E-state index contributed by atoms with van der Waals surface area (Å²) in [7, 11) is -5.04. The molecule has 160 valence electrons. The number of carbonyl (C=O) groups is 1. The molecule has 0 aliphatic heterocycles. The topological polar surface area (TPSA) is 165 Å². The van der Waals surface area contributed by atoms with Gasteiger partial charge in [0.05, 0.1) is 5.92 Å². The normalized spacial score (nSPS) is 18.1. The molecule has 0 aromatic heterocycles. The van der Waals surface area contributed by atoms with Crippen molar-refractivity contribution in [3.63, 3.8) is 0 Å². The molecule has 9 nitrogen and oxygen atoms in total. The van der Waals surface area contributed by atoms with Gasteiger partial charge in [0, 0.05) is 29.2 Å². The highest BCUT2D eigenvalue weighted by Gasteiger charge is 2.45. The Morgan fingerprint density at radius 3 is 1.87 bits per heavy atom. The minimum Gasteiger partial charge on any atom is -0.508 e. The summed E-state index contributed by atoms with van der Waals surface area (Å²) in [5.41, 5.74) is 0.858. The summed E-state index contributed by atoms with van der Waals surface area (Å²) in [4.78, 5) is 32.0. The first-order valence-electron chi connectivity index (χ1n) is 9.01. The zero-order chi connectivity index (χ0) is 22.5. The molecular formula is C21H17O9P. The second-order valence-electron chi connectivity index (χ2n) is 7.18. The first-order chi connectivity index (χ1) is 14.5. The summed E-state index contributed by atoms with van der Waals surface area (Å²) >= 11 is 0. The number of hydrogen-bond donors (Lipinski definition) is 6. The maximum atomic E-state index is 13.4. The smallest absolute Gasteiger partial charge is 0.508 e. The molecular weight excluding hydrogens is 427 g/mol. The molecule has 1 aliphatic carbocycles. The molecule has 10 heteroatoms. The molecule has 0 radical (unpaired) electrons. The Kier molecular flexibility index (Phi) is 4.89. The fourth-order valence-corrected chi connectivity index (χ4v) is 4.42. The highest BCUT2D eigenvalue weighted by molar-refractivity contribution is 7.46. The third-order valence-electron chi connectivity index (χ3n) is 5.07. The Morgan fingerprint density at radius 2 is 1.29 bits per heavy atom. The van der Waals surface area contributed by atoms with E-state index < -0.39 is 31.2 Å². The Morgan fingerprint density at radius 1 is 0.710 bits per heavy atom. The van der Waals surface area contributed by atoms with E-state index in [1.807, 2.05) is 0 Å². The quantitative estimate of drug-likeness (QED) is 0.332. The Balaban J connectivity index is 2.00. The van der Waals surface area contributed by atoms with Gasteiger partial charge in [0.2, 0.25) is 0 Å². The van der Waals surface area contributed by atoms with Crippen LogP contribution in [0.2, 0.25) is 0 Å². The SMILES string of the molecule is O=C1c2cc(O)cc(OP(=O)(O)O)c2C(c2ccc(O)cc2)C1c1cc(O)cc(O)c1. The summed E-state index contributed by atoms with van der Waals surface area (Å²) in [6, 6.07) is 11.7. The van der Waals surface area contributed by atoms with Gasteiger partial charge in [-0.05, 0) is 41.5 Å². The summed E-state index contributed by atoms with van der Waals surface area (Å²) < 4.78 is 16.3. The van der Waals surface area contributed by atoms with Crippen LogP contribution in [-0.4, -0.2) is 36.0 Å². The lowest BCUT2D eigenvalue weighted by atomic mass is 9.81. The second kappa shape index (κ2) is 7.31. The number of ketones is 1. The van der Waals surface area contributed by atoms with E-state index in [9.17, 15) is 39.6 Å². The van der Waals surface area contributed by atoms with Crippen molar-refractivity contribution in [2.75, 3.05) is 0 Å². The molecule has 4 rings (SSSR count). The first kappa shape index (κ1) is 20.7. The van der Waals surface area contributed by atoms with Gasteiger partial charge in [-0.25, -0.2) is 4.57 Å². The largest absolute Gasteiger partial charge is 0.524 e. The lowest BCUT2D eigenvalue weighted by molar-refractivity contribution is 0.0967. The van der Waals surface area contributed by atoms with E-state index in [1.165, 1.54) is 42.5 Å². The lowest BCUT2D eigenvalue weighted by Gasteiger charge is -2.22. The van der Waals surface area contributed by atoms with Crippen LogP contribution in [0.4, 0.5) is 0 Å². The standard InChI is InChI=1S/C21H17O9P/c22-12-3-1-10(2-4-12)18-19(11-5-13(23)7-14(24)6-11)21(26)16-8-15(25)9-17(20(16)18)30-31(27,28)29/h1-9,18-19,22-25H,(H2,27,28,29). The number of hydrogen-bond acceptors (Lipinski definition) is 7. The molecule has 0 saturated carbocycles. The predicted octanol–water partition coefficient (Wildman–Crippen LogP) is 3.09. The Labute approximate surface area is 175 Å². The van der Waals surface area contributed by atoms with Crippen molar-refractivity contribution in [2.45, 2.75) is 11.8 Å². The van der Waals surface area contributed by atoms with Gasteiger partial charge >= 0.3 is 7.82 Å². The molecule has 0 saturated heterocycles. The number of phenolic OH excluding ortho intramolecular Hbond substituents is 4. The van der Waals surface area contributed by atoms with Crippen molar-refractivity contribution in [1.82, 2.24) is 0 Å². The fourth-order valence-electron chi connectivity index (χ4n) is 4.01. The van der Waals surface area contributed by atoms with Crippen molar-refractivity contribution in [3.8, 4) is 28.7 Å². The van der Waals surface area contributed by atoms with Crippen LogP contribution in [-0.2, 0) is 4.57 Å². The van der Waals surface area contributed by atoms with E-state index in [2.05, 4.69) is 0 Å². The van der Waals surface area contributed by atoms with E-state index in [4.69, 9.17) is 4.52 Å². The van der Waals surface area contributed by atoms with Crippen molar-refractivity contribution in [3.05, 3.63) is 76.9 Å². The number of Topliss-reactive ketones (excluding diaryl/α,β-unsaturated/α-hetero) is 1. The number of carbonyl (C=O) groups excluding carboxylic acids is 1. The molecule has 0 amide bonds. The van der Waals surface area contributed by atoms with Gasteiger partial charge in [0.25, 0.3) is 0 Å². The Bertz CT molecular complexity index is 1210. The average Bonchev–Trinajstić information content (AvgIpc) is 2.93. The zero-order valence-corrected chi connectivity index (χ0v) is 16.6. The molecule has 31 heavy (non-hydrogen) atoms. The summed E-state index contributed by atoms with van der Waals surface area (Å²) in [5, 5.41) is 39.5. The van der Waals surface area contributed by atoms with Crippen LogP contribution in [0.5, 0.6) is 28.7 Å². The number of phenols is 4. The molecule has 0 fully saturated rings. The lowest BCUT2D eigenvalue weighted by Crippen LogP contribution is -2.13. The van der Waals surface area contributed by atoms with E-state index in [0.717, 1.165) is 12.1 Å². The highest BCUT2D eigenvalue weighted by Crippen LogP contribution is 2.55. The van der Waals surface area contributed by atoms with Crippen LogP contribution in [0.25, 0.3) is 0 Å². The third kappa shape index (κ3) is 3.94. The maximum Gasteiger partial charge on any atom is 0.524 e. The van der Waals surface area contributed by atoms with E-state index >= 15 is 0 Å². The van der Waals surface area contributed by atoms with E-state index in [1.54, 1.807) is 0 Å². The maximum absolute atomic E-state index is 13.4. The molecule has 0 bridgehead atoms. The summed E-state index contributed by atoms with van der Waals surface area (Å²) in [6.07, 6.45) is 0. The van der Waals surface area contributed by atoms with Gasteiger partial charge in [0.1, 0.15) is 28.7 Å². The molecule has 1 aliphatic rings. The molecule has 2 unspecified atom stereocenters. The van der Waals surface area contributed by atoms with Crippen LogP contribution < -0.4 is 4.52 Å². The monoisotopic (exact) mass is 444 g/mol. The Hall–Kier alpha value is -3.52. The van der Waals surface area contributed by atoms with Gasteiger partial charge in [-0.15, -0.1) is 0 Å². The molecule has 0 heterocycles. The number of rotatable bonds is 4. The molecule has 2 atom stereocenters. The molecule has 0 spiro atoms. The predicted molar refractivity (Wildman–Crippen MR) is 108 cm³/mol. The van der Waals surface area contributed by atoms with Crippen molar-refractivity contribution in [1.29, 1.82) is 0 Å². The van der Waals surface area contributed by atoms with Gasteiger partial charge in [-0.2, -0.15) is 0 Å². The summed E-state index contributed by atoms with van der Waals surface area (Å²) in [5.74, 6) is -3.77. The molecule has 6 N–H and O–H groups in total. The van der Waals surface area contributed by atoms with Crippen LogP contribution in [0.15, 0.2) is 54.6 Å².